The summed E-state index contributed by atoms with van der Waals surface area (Å²) in [5, 5.41) is 10.6. The van der Waals surface area contributed by atoms with Crippen LogP contribution in [0.4, 0.5) is 0 Å². The minimum absolute atomic E-state index is 0.624. The Hall–Kier alpha value is -0.160. The van der Waals surface area contributed by atoms with Gasteiger partial charge in [-0.2, -0.15) is 0 Å². The molecule has 0 aliphatic rings. The second-order valence-corrected chi connectivity index (χ2v) is 7.25. The number of rotatable bonds is 2. The summed E-state index contributed by atoms with van der Waals surface area (Å²) >= 11 is 10.4. The van der Waals surface area contributed by atoms with Crippen molar-refractivity contribution in [2.24, 2.45) is 0 Å². The average molecular weight is 449 g/mol. The first-order valence-corrected chi connectivity index (χ1v) is 8.17. The van der Waals surface area contributed by atoms with Gasteiger partial charge < -0.3 is 5.11 Å². The molecule has 0 heterocycles. The molecular formula is C15H13Br3O. The minimum atomic E-state index is -0.624. The number of aliphatic hydroxyl groups excluding tert-OH is 1. The lowest BCUT2D eigenvalue weighted by Gasteiger charge is -2.16. The molecule has 19 heavy (non-hydrogen) atoms. The molecule has 0 saturated carbocycles. The number of hydrogen-bond acceptors (Lipinski definition) is 1. The van der Waals surface area contributed by atoms with Crippen molar-refractivity contribution < 1.29 is 5.11 Å². The molecule has 0 aliphatic carbocycles. The Morgan fingerprint density at radius 2 is 1.42 bits per heavy atom. The molecule has 4 heteroatoms. The van der Waals surface area contributed by atoms with Crippen molar-refractivity contribution in [1.82, 2.24) is 0 Å². The van der Waals surface area contributed by atoms with Gasteiger partial charge in [-0.05, 0) is 60.4 Å². The lowest BCUT2D eigenvalue weighted by Crippen LogP contribution is -2.03. The van der Waals surface area contributed by atoms with E-state index in [2.05, 4.69) is 47.8 Å². The fourth-order valence-electron chi connectivity index (χ4n) is 2.01. The van der Waals surface area contributed by atoms with Gasteiger partial charge in [0.2, 0.25) is 0 Å². The maximum absolute atomic E-state index is 10.6. The number of benzene rings is 2. The topological polar surface area (TPSA) is 20.2 Å². The summed E-state index contributed by atoms with van der Waals surface area (Å²) in [7, 11) is 0. The summed E-state index contributed by atoms with van der Waals surface area (Å²) in [6.45, 7) is 4.03. The van der Waals surface area contributed by atoms with Crippen molar-refractivity contribution in [2.45, 2.75) is 20.0 Å². The molecular weight excluding hydrogens is 436 g/mol. The molecule has 2 rings (SSSR count). The molecule has 2 aromatic rings. The van der Waals surface area contributed by atoms with E-state index in [1.807, 2.05) is 44.2 Å². The quantitative estimate of drug-likeness (QED) is 0.627. The molecule has 0 fully saturated rings. The Morgan fingerprint density at radius 1 is 0.842 bits per heavy atom. The van der Waals surface area contributed by atoms with Crippen molar-refractivity contribution >= 4 is 47.8 Å². The van der Waals surface area contributed by atoms with Crippen LogP contribution in [0.5, 0.6) is 0 Å². The van der Waals surface area contributed by atoms with Crippen LogP contribution in [0, 0.1) is 13.8 Å². The fourth-order valence-corrected chi connectivity index (χ4v) is 3.80. The van der Waals surface area contributed by atoms with Gasteiger partial charge in [0.25, 0.3) is 0 Å². The molecule has 2 aromatic carbocycles. The van der Waals surface area contributed by atoms with Gasteiger partial charge in [-0.25, -0.2) is 0 Å². The largest absolute Gasteiger partial charge is 0.384 e. The summed E-state index contributed by atoms with van der Waals surface area (Å²) in [6, 6.07) is 9.90. The monoisotopic (exact) mass is 446 g/mol. The van der Waals surface area contributed by atoms with Crippen LogP contribution < -0.4 is 0 Å². The van der Waals surface area contributed by atoms with E-state index in [9.17, 15) is 5.11 Å². The molecule has 100 valence electrons. The summed E-state index contributed by atoms with van der Waals surface area (Å²) in [5.74, 6) is 0. The van der Waals surface area contributed by atoms with E-state index in [0.29, 0.717) is 0 Å². The molecule has 0 spiro atoms. The second-order valence-electron chi connectivity index (χ2n) is 4.56. The van der Waals surface area contributed by atoms with Gasteiger partial charge in [0.1, 0.15) is 6.10 Å². The SMILES string of the molecule is Cc1cc(C(O)c2cc(Br)cc(Br)c2)c(C)cc1Br. The average Bonchev–Trinajstić information content (AvgIpc) is 2.31. The van der Waals surface area contributed by atoms with Crippen LogP contribution in [-0.4, -0.2) is 5.11 Å². The van der Waals surface area contributed by atoms with Crippen LogP contribution in [-0.2, 0) is 0 Å². The molecule has 1 atom stereocenters. The Kier molecular flexibility index (Phi) is 4.88. The zero-order chi connectivity index (χ0) is 14.2. The predicted molar refractivity (Wildman–Crippen MR) is 89.5 cm³/mol. The van der Waals surface area contributed by atoms with E-state index in [0.717, 1.165) is 35.7 Å². The molecule has 0 amide bonds. The molecule has 0 aliphatic heterocycles. The first-order valence-electron chi connectivity index (χ1n) is 5.79. The van der Waals surface area contributed by atoms with E-state index in [1.165, 1.54) is 0 Å². The van der Waals surface area contributed by atoms with Gasteiger partial charge in [-0.3, -0.25) is 0 Å². The van der Waals surface area contributed by atoms with Crippen molar-refractivity contribution in [3.8, 4) is 0 Å². The Labute approximate surface area is 138 Å². The lowest BCUT2D eigenvalue weighted by molar-refractivity contribution is 0.219. The fraction of sp³-hybridized carbons (Fsp3) is 0.200. The van der Waals surface area contributed by atoms with E-state index in [-0.39, 0.29) is 0 Å². The molecule has 0 bridgehead atoms. The van der Waals surface area contributed by atoms with Crippen molar-refractivity contribution in [1.29, 1.82) is 0 Å². The van der Waals surface area contributed by atoms with Gasteiger partial charge >= 0.3 is 0 Å². The Bertz CT molecular complexity index is 603. The highest BCUT2D eigenvalue weighted by Crippen LogP contribution is 2.32. The highest BCUT2D eigenvalue weighted by Gasteiger charge is 2.15. The zero-order valence-corrected chi connectivity index (χ0v) is 15.3. The highest BCUT2D eigenvalue weighted by molar-refractivity contribution is 9.11. The maximum Gasteiger partial charge on any atom is 0.104 e. The molecule has 1 nitrogen and oxygen atoms in total. The van der Waals surface area contributed by atoms with Crippen molar-refractivity contribution in [3.05, 3.63) is 66.0 Å². The van der Waals surface area contributed by atoms with Crippen LogP contribution in [0.3, 0.4) is 0 Å². The molecule has 1 unspecified atom stereocenters. The van der Waals surface area contributed by atoms with Gasteiger partial charge in [-0.1, -0.05) is 53.9 Å². The third kappa shape index (κ3) is 3.48. The van der Waals surface area contributed by atoms with Crippen molar-refractivity contribution in [2.75, 3.05) is 0 Å². The van der Waals surface area contributed by atoms with Crippen LogP contribution in [0.2, 0.25) is 0 Å². The highest BCUT2D eigenvalue weighted by atomic mass is 79.9. The maximum atomic E-state index is 10.6. The molecule has 0 radical (unpaired) electrons. The molecule has 0 aromatic heterocycles. The normalized spacial score (nSPS) is 12.5. The first-order chi connectivity index (χ1) is 8.88. The third-order valence-electron chi connectivity index (χ3n) is 3.04. The van der Waals surface area contributed by atoms with Gasteiger partial charge in [0.05, 0.1) is 0 Å². The Balaban J connectivity index is 2.49. The van der Waals surface area contributed by atoms with Crippen LogP contribution in [0.1, 0.15) is 28.4 Å². The number of halogens is 3. The first kappa shape index (κ1) is 15.2. The number of aliphatic hydroxyl groups is 1. The minimum Gasteiger partial charge on any atom is -0.384 e. The number of aryl methyl sites for hydroxylation is 2. The molecule has 0 saturated heterocycles. The summed E-state index contributed by atoms with van der Waals surface area (Å²) in [4.78, 5) is 0. The van der Waals surface area contributed by atoms with Crippen LogP contribution >= 0.6 is 47.8 Å². The summed E-state index contributed by atoms with van der Waals surface area (Å²) < 4.78 is 2.96. The smallest absolute Gasteiger partial charge is 0.104 e. The van der Waals surface area contributed by atoms with E-state index < -0.39 is 6.10 Å². The number of hydrogen-bond donors (Lipinski definition) is 1. The van der Waals surface area contributed by atoms with Gasteiger partial charge in [0, 0.05) is 13.4 Å². The van der Waals surface area contributed by atoms with Gasteiger partial charge in [0.15, 0.2) is 0 Å². The van der Waals surface area contributed by atoms with Crippen LogP contribution in [0.15, 0.2) is 43.7 Å². The second kappa shape index (κ2) is 6.08. The lowest BCUT2D eigenvalue weighted by atomic mass is 9.96. The Morgan fingerprint density at radius 3 is 2.00 bits per heavy atom. The van der Waals surface area contributed by atoms with E-state index >= 15 is 0 Å². The summed E-state index contributed by atoms with van der Waals surface area (Å²) in [6.07, 6.45) is -0.624. The van der Waals surface area contributed by atoms with Gasteiger partial charge in [-0.15, -0.1) is 0 Å². The third-order valence-corrected chi connectivity index (χ3v) is 4.81. The molecule has 1 N–H and O–H groups in total. The van der Waals surface area contributed by atoms with Crippen molar-refractivity contribution in [3.63, 3.8) is 0 Å². The zero-order valence-electron chi connectivity index (χ0n) is 10.5. The van der Waals surface area contributed by atoms with Crippen LogP contribution in [0.25, 0.3) is 0 Å². The van der Waals surface area contributed by atoms with E-state index in [4.69, 9.17) is 0 Å². The summed E-state index contributed by atoms with van der Waals surface area (Å²) in [5.41, 5.74) is 3.99. The standard InChI is InChI=1S/C15H13Br3O/c1-8-4-14(18)9(2)3-13(8)15(19)10-5-11(16)7-12(17)6-10/h3-7,15,19H,1-2H3. The van der Waals surface area contributed by atoms with E-state index in [1.54, 1.807) is 0 Å². The predicted octanol–water partition coefficient (Wildman–Crippen LogP) is 5.67.